The molecular formula is C15H24. The van der Waals surface area contributed by atoms with E-state index in [0.717, 1.165) is 0 Å². The molecule has 2 unspecified atom stereocenters. The van der Waals surface area contributed by atoms with E-state index < -0.39 is 0 Å². The summed E-state index contributed by atoms with van der Waals surface area (Å²) in [7, 11) is 0. The van der Waals surface area contributed by atoms with Gasteiger partial charge in [-0.2, -0.15) is 0 Å². The zero-order chi connectivity index (χ0) is 11.8. The predicted molar refractivity (Wildman–Crippen MR) is 70.9 cm³/mol. The highest BCUT2D eigenvalue weighted by Gasteiger charge is 1.98. The molecule has 0 aliphatic heterocycles. The van der Waals surface area contributed by atoms with Gasteiger partial charge in [0.2, 0.25) is 0 Å². The zero-order valence-corrected chi connectivity index (χ0v) is 10.7. The Kier molecular flexibility index (Phi) is 6.77. The van der Waals surface area contributed by atoms with Crippen LogP contribution in [-0.4, -0.2) is 0 Å². The average molecular weight is 204 g/mol. The monoisotopic (exact) mass is 204 g/mol. The molecule has 0 amide bonds. The Morgan fingerprint density at radius 3 is 2.07 bits per heavy atom. The lowest BCUT2D eigenvalue weighted by Crippen LogP contribution is -1.92. The van der Waals surface area contributed by atoms with Crippen molar-refractivity contribution in [3.05, 3.63) is 48.1 Å². The molecule has 0 heterocycles. The SMILES string of the molecule is C=CC(C)/C=C\C(C)/C(C)=C/C=C(C)C. The van der Waals surface area contributed by atoms with Crippen molar-refractivity contribution < 1.29 is 0 Å². The van der Waals surface area contributed by atoms with Crippen molar-refractivity contribution in [3.8, 4) is 0 Å². The fraction of sp³-hybridized carbons (Fsp3) is 0.467. The minimum atomic E-state index is 0.462. The van der Waals surface area contributed by atoms with Gasteiger partial charge in [-0.3, -0.25) is 0 Å². The van der Waals surface area contributed by atoms with Gasteiger partial charge in [0.1, 0.15) is 0 Å². The summed E-state index contributed by atoms with van der Waals surface area (Å²) in [5.74, 6) is 0.965. The molecule has 0 rings (SSSR count). The molecule has 0 aromatic heterocycles. The lowest BCUT2D eigenvalue weighted by atomic mass is 9.99. The molecule has 0 N–H and O–H groups in total. The Morgan fingerprint density at radius 2 is 1.60 bits per heavy atom. The molecule has 0 heteroatoms. The molecule has 0 nitrogen and oxygen atoms in total. The van der Waals surface area contributed by atoms with Crippen LogP contribution in [0.25, 0.3) is 0 Å². The third-order valence-corrected chi connectivity index (χ3v) is 2.47. The summed E-state index contributed by atoms with van der Waals surface area (Å²) in [5.41, 5.74) is 2.73. The fourth-order valence-corrected chi connectivity index (χ4v) is 1.02. The highest BCUT2D eigenvalue weighted by atomic mass is 14.0. The second-order valence-corrected chi connectivity index (χ2v) is 4.42. The first kappa shape index (κ1) is 14.0. The molecule has 0 radical (unpaired) electrons. The van der Waals surface area contributed by atoms with Crippen LogP contribution in [0.3, 0.4) is 0 Å². The van der Waals surface area contributed by atoms with E-state index >= 15 is 0 Å². The third kappa shape index (κ3) is 6.96. The van der Waals surface area contributed by atoms with Crippen LogP contribution in [0, 0.1) is 11.8 Å². The van der Waals surface area contributed by atoms with Crippen LogP contribution in [0.1, 0.15) is 34.6 Å². The summed E-state index contributed by atoms with van der Waals surface area (Å²) in [6.07, 6.45) is 10.8. The number of rotatable bonds is 5. The van der Waals surface area contributed by atoms with E-state index in [2.05, 4.69) is 65.5 Å². The van der Waals surface area contributed by atoms with E-state index in [9.17, 15) is 0 Å². The average Bonchev–Trinajstić information content (AvgIpc) is 2.21. The van der Waals surface area contributed by atoms with Gasteiger partial charge in [-0.05, 0) is 32.6 Å². The molecule has 0 spiro atoms. The van der Waals surface area contributed by atoms with Crippen molar-refractivity contribution in [1.82, 2.24) is 0 Å². The first-order valence-electron chi connectivity index (χ1n) is 5.60. The molecule has 0 fully saturated rings. The molecule has 0 aliphatic carbocycles. The normalized spacial score (nSPS) is 16.2. The summed E-state index contributed by atoms with van der Waals surface area (Å²) < 4.78 is 0. The molecule has 84 valence electrons. The van der Waals surface area contributed by atoms with Gasteiger partial charge >= 0.3 is 0 Å². The van der Waals surface area contributed by atoms with Gasteiger partial charge in [0.15, 0.2) is 0 Å². The Hall–Kier alpha value is -1.04. The van der Waals surface area contributed by atoms with E-state index in [1.54, 1.807) is 0 Å². The van der Waals surface area contributed by atoms with Crippen LogP contribution in [-0.2, 0) is 0 Å². The van der Waals surface area contributed by atoms with Gasteiger partial charge in [0, 0.05) is 0 Å². The standard InChI is InChI=1S/C15H24/c1-7-13(4)9-11-15(6)14(5)10-8-12(2)3/h7-11,13,15H,1H2,2-6H3/b11-9-,14-10+. The van der Waals surface area contributed by atoms with E-state index in [1.807, 2.05) is 6.08 Å². The van der Waals surface area contributed by atoms with Gasteiger partial charge in [0.25, 0.3) is 0 Å². The van der Waals surface area contributed by atoms with Crippen LogP contribution in [0.2, 0.25) is 0 Å². The maximum atomic E-state index is 3.77. The first-order chi connectivity index (χ1) is 6.97. The largest absolute Gasteiger partial charge is 0.102 e. The Morgan fingerprint density at radius 1 is 1.00 bits per heavy atom. The predicted octanol–water partition coefficient (Wildman–Crippen LogP) is 4.91. The minimum absolute atomic E-state index is 0.462. The molecule has 0 aromatic rings. The van der Waals surface area contributed by atoms with Crippen LogP contribution < -0.4 is 0 Å². The van der Waals surface area contributed by atoms with Crippen molar-refractivity contribution in [2.24, 2.45) is 11.8 Å². The van der Waals surface area contributed by atoms with Gasteiger partial charge in [0.05, 0.1) is 0 Å². The highest BCUT2D eigenvalue weighted by molar-refractivity contribution is 5.19. The molecule has 0 aliphatic rings. The Bertz CT molecular complexity index is 272. The van der Waals surface area contributed by atoms with Gasteiger partial charge in [-0.1, -0.05) is 55.4 Å². The molecule has 2 atom stereocenters. The van der Waals surface area contributed by atoms with Crippen molar-refractivity contribution >= 4 is 0 Å². The molecule has 0 bridgehead atoms. The number of hydrogen-bond donors (Lipinski definition) is 0. The Balaban J connectivity index is 4.39. The molecule has 0 saturated heterocycles. The fourth-order valence-electron chi connectivity index (χ4n) is 1.02. The maximum absolute atomic E-state index is 3.77. The number of allylic oxidation sites excluding steroid dienone is 7. The van der Waals surface area contributed by atoms with Crippen molar-refractivity contribution in [2.75, 3.05) is 0 Å². The van der Waals surface area contributed by atoms with Crippen molar-refractivity contribution in [1.29, 1.82) is 0 Å². The van der Waals surface area contributed by atoms with E-state index in [4.69, 9.17) is 0 Å². The minimum Gasteiger partial charge on any atom is -0.102 e. The topological polar surface area (TPSA) is 0 Å². The summed E-state index contributed by atoms with van der Waals surface area (Å²) in [6, 6.07) is 0. The first-order valence-corrected chi connectivity index (χ1v) is 5.60. The summed E-state index contributed by atoms with van der Waals surface area (Å²) in [4.78, 5) is 0. The lowest BCUT2D eigenvalue weighted by Gasteiger charge is -2.07. The van der Waals surface area contributed by atoms with E-state index in [1.165, 1.54) is 11.1 Å². The van der Waals surface area contributed by atoms with Crippen LogP contribution in [0.15, 0.2) is 48.1 Å². The lowest BCUT2D eigenvalue weighted by molar-refractivity contribution is 0.836. The summed E-state index contributed by atoms with van der Waals surface area (Å²) >= 11 is 0. The Labute approximate surface area is 95.1 Å². The molecule has 0 aromatic carbocycles. The smallest absolute Gasteiger partial charge is 0.00511 e. The van der Waals surface area contributed by atoms with Crippen LogP contribution in [0.4, 0.5) is 0 Å². The second-order valence-electron chi connectivity index (χ2n) is 4.42. The van der Waals surface area contributed by atoms with Crippen molar-refractivity contribution in [3.63, 3.8) is 0 Å². The molecule has 15 heavy (non-hydrogen) atoms. The van der Waals surface area contributed by atoms with Gasteiger partial charge < -0.3 is 0 Å². The quantitative estimate of drug-likeness (QED) is 0.441. The van der Waals surface area contributed by atoms with Crippen LogP contribution in [0.5, 0.6) is 0 Å². The molecular weight excluding hydrogens is 180 g/mol. The second kappa shape index (κ2) is 7.28. The summed E-state index contributed by atoms with van der Waals surface area (Å²) in [6.45, 7) is 14.5. The van der Waals surface area contributed by atoms with Crippen molar-refractivity contribution in [2.45, 2.75) is 34.6 Å². The zero-order valence-electron chi connectivity index (χ0n) is 10.7. The maximum Gasteiger partial charge on any atom is -0.00511 e. The third-order valence-electron chi connectivity index (χ3n) is 2.47. The van der Waals surface area contributed by atoms with E-state index in [-0.39, 0.29) is 0 Å². The highest BCUT2D eigenvalue weighted by Crippen LogP contribution is 2.13. The molecule has 0 saturated carbocycles. The number of hydrogen-bond acceptors (Lipinski definition) is 0. The van der Waals surface area contributed by atoms with E-state index in [0.29, 0.717) is 11.8 Å². The van der Waals surface area contributed by atoms with Crippen LogP contribution >= 0.6 is 0 Å². The van der Waals surface area contributed by atoms with Gasteiger partial charge in [-0.25, -0.2) is 0 Å². The van der Waals surface area contributed by atoms with Gasteiger partial charge in [-0.15, -0.1) is 6.58 Å². The summed E-state index contributed by atoms with van der Waals surface area (Å²) in [5, 5.41) is 0.